The van der Waals surface area contributed by atoms with Crippen LogP contribution in [0.15, 0.2) is 82.6 Å². The van der Waals surface area contributed by atoms with Crippen molar-refractivity contribution < 1.29 is 114 Å². The Morgan fingerprint density at radius 2 is 0.756 bits per heavy atom. The number of ether oxygens (including phenoxy) is 4. The first-order chi connectivity index (χ1) is 36.5. The Balaban J connectivity index is 0.000000226. The average molecular weight is 1160 g/mol. The molecule has 6 aromatic rings. The third-order valence-corrected chi connectivity index (χ3v) is 14.6. The van der Waals surface area contributed by atoms with Gasteiger partial charge in [0, 0.05) is 49.3 Å². The first-order valence-electron chi connectivity index (χ1n) is 22.4. The van der Waals surface area contributed by atoms with E-state index >= 15 is 0 Å². The lowest BCUT2D eigenvalue weighted by atomic mass is 9.83. The van der Waals surface area contributed by atoms with Crippen LogP contribution in [0.2, 0.25) is 0 Å². The van der Waals surface area contributed by atoms with Crippen LogP contribution in [-0.4, -0.2) is 57.5 Å². The summed E-state index contributed by atoms with van der Waals surface area (Å²) in [6.07, 6.45) is -8.19. The molecule has 0 saturated heterocycles. The largest absolute Gasteiger partial charge is 0.493 e. The second-order valence-corrected chi connectivity index (χ2v) is 20.1. The molecule has 6 aromatic carbocycles. The fourth-order valence-electron chi connectivity index (χ4n) is 8.43. The number of halogens is 16. The minimum absolute atomic E-state index is 0.0223. The molecule has 0 aliphatic carbocycles. The van der Waals surface area contributed by atoms with E-state index in [1.807, 2.05) is 0 Å². The highest BCUT2D eigenvalue weighted by Gasteiger charge is 2.37. The Morgan fingerprint density at radius 1 is 0.449 bits per heavy atom. The molecule has 10 nitrogen and oxygen atoms in total. The van der Waals surface area contributed by atoms with Crippen LogP contribution in [0, 0.1) is 58.2 Å². The van der Waals surface area contributed by atoms with Crippen LogP contribution in [0.25, 0.3) is 0 Å². The van der Waals surface area contributed by atoms with Crippen LogP contribution in [0.1, 0.15) is 69.2 Å². The highest BCUT2D eigenvalue weighted by atomic mass is 32.2. The van der Waals surface area contributed by atoms with Crippen LogP contribution in [0.5, 0.6) is 23.0 Å². The van der Waals surface area contributed by atoms with Crippen molar-refractivity contribution in [3.63, 3.8) is 0 Å². The zero-order valence-electron chi connectivity index (χ0n) is 39.7. The molecule has 0 aromatic heterocycles. The molecule has 0 amide bonds. The molecular formula is C50H36F16O10S2. The van der Waals surface area contributed by atoms with Gasteiger partial charge in [-0.15, -0.1) is 0 Å². The summed E-state index contributed by atoms with van der Waals surface area (Å²) in [5, 5.41) is 0. The molecule has 2 aliphatic heterocycles. The Morgan fingerprint density at radius 3 is 1.06 bits per heavy atom. The standard InChI is InChI=1S/2C25H18F8O5S/c2*1-36-8-6-12-10-13(25(31,32)33)2-4-15(12)16-7-9-37-18-11-14(3-5-17(16)18)39(34,35)38-24-22(29)20(27)19(26)21(28)23(24)30/h2*2-5,10-11,16H,6-9H2,1H3/t2*16-/m10/s1. The molecule has 0 spiro atoms. The van der Waals surface area contributed by atoms with Crippen molar-refractivity contribution in [3.8, 4) is 23.0 Å². The molecule has 0 radical (unpaired) electrons. The van der Waals surface area contributed by atoms with Crippen molar-refractivity contribution in [3.05, 3.63) is 175 Å². The van der Waals surface area contributed by atoms with Crippen LogP contribution in [0.4, 0.5) is 70.2 Å². The van der Waals surface area contributed by atoms with Gasteiger partial charge in [0.15, 0.2) is 0 Å². The topological polar surface area (TPSA) is 124 Å². The number of fused-ring (bicyclic) bond motifs is 2. The Hall–Kier alpha value is -6.78. The van der Waals surface area contributed by atoms with E-state index in [2.05, 4.69) is 8.37 Å². The van der Waals surface area contributed by atoms with Crippen molar-refractivity contribution in [1.29, 1.82) is 0 Å². The van der Waals surface area contributed by atoms with E-state index in [0.29, 0.717) is 46.2 Å². The predicted octanol–water partition coefficient (Wildman–Crippen LogP) is 12.5. The summed E-state index contributed by atoms with van der Waals surface area (Å²) in [7, 11) is -7.45. The second kappa shape index (κ2) is 22.9. The van der Waals surface area contributed by atoms with E-state index in [4.69, 9.17) is 18.9 Å². The summed E-state index contributed by atoms with van der Waals surface area (Å²) in [6, 6.07) is 12.9. The third-order valence-electron chi connectivity index (χ3n) is 12.2. The van der Waals surface area contributed by atoms with Crippen molar-refractivity contribution in [2.24, 2.45) is 0 Å². The molecule has 0 unspecified atom stereocenters. The maximum Gasteiger partial charge on any atom is 0.416 e. The van der Waals surface area contributed by atoms with Gasteiger partial charge in [-0.2, -0.15) is 60.7 Å². The number of hydrogen-bond donors (Lipinski definition) is 0. The Kier molecular flexibility index (Phi) is 17.3. The van der Waals surface area contributed by atoms with Crippen LogP contribution < -0.4 is 17.8 Å². The molecule has 0 saturated carbocycles. The van der Waals surface area contributed by atoms with Crippen molar-refractivity contribution in [1.82, 2.24) is 0 Å². The van der Waals surface area contributed by atoms with Crippen molar-refractivity contribution >= 4 is 20.2 Å². The van der Waals surface area contributed by atoms with Crippen LogP contribution >= 0.6 is 0 Å². The van der Waals surface area contributed by atoms with E-state index in [1.54, 1.807) is 0 Å². The smallest absolute Gasteiger partial charge is 0.416 e. The molecule has 78 heavy (non-hydrogen) atoms. The molecule has 28 heteroatoms. The SMILES string of the molecule is COCCc1cc(C(F)(F)F)ccc1[C@@H]1CCOc2cc(S(=O)(=O)Oc3c(F)c(F)c(F)c(F)c3F)ccc21.COCCc1cc(C(F)(F)F)ccc1[C@H]1CCOc2cc(S(=O)(=O)Oc3c(F)c(F)c(F)c(F)c3F)ccc21. The van der Waals surface area contributed by atoms with E-state index in [-0.39, 0.29) is 50.8 Å². The maximum atomic E-state index is 14.0. The van der Waals surface area contributed by atoms with Gasteiger partial charge in [-0.25, -0.2) is 26.3 Å². The highest BCUT2D eigenvalue weighted by molar-refractivity contribution is 7.87. The second-order valence-electron chi connectivity index (χ2n) is 17.0. The lowest BCUT2D eigenvalue weighted by Crippen LogP contribution is -2.19. The van der Waals surface area contributed by atoms with Gasteiger partial charge in [0.1, 0.15) is 21.3 Å². The normalized spacial score (nSPS) is 15.6. The van der Waals surface area contributed by atoms with E-state index in [9.17, 15) is 87.1 Å². The summed E-state index contributed by atoms with van der Waals surface area (Å²) in [6.45, 7) is 0.335. The monoisotopic (exact) mass is 1160 g/mol. The van der Waals surface area contributed by atoms with E-state index in [0.717, 1.165) is 48.5 Å². The van der Waals surface area contributed by atoms with Crippen LogP contribution in [0.3, 0.4) is 0 Å². The quantitative estimate of drug-likeness (QED) is 0.0451. The van der Waals surface area contributed by atoms with Gasteiger partial charge in [0.25, 0.3) is 0 Å². The van der Waals surface area contributed by atoms with Crippen molar-refractivity contribution in [2.75, 3.05) is 40.6 Å². The number of rotatable bonds is 14. The first-order valence-corrected chi connectivity index (χ1v) is 25.2. The van der Waals surface area contributed by atoms with Gasteiger partial charge in [-0.05, 0) is 84.3 Å². The van der Waals surface area contributed by atoms with Gasteiger partial charge in [-0.1, -0.05) is 24.3 Å². The third kappa shape index (κ3) is 12.1. The zero-order chi connectivity index (χ0) is 57.4. The zero-order valence-corrected chi connectivity index (χ0v) is 41.3. The van der Waals surface area contributed by atoms with Gasteiger partial charge >= 0.3 is 32.6 Å². The minimum Gasteiger partial charge on any atom is -0.493 e. The van der Waals surface area contributed by atoms with E-state index < -0.39 is 135 Å². The summed E-state index contributed by atoms with van der Waals surface area (Å²) in [5.41, 5.74) is 0.861. The fraction of sp³-hybridized carbons (Fsp3) is 0.280. The Bertz CT molecular complexity index is 3210. The summed E-state index contributed by atoms with van der Waals surface area (Å²) < 4.78 is 297. The predicted molar refractivity (Wildman–Crippen MR) is 239 cm³/mol. The molecule has 0 fully saturated rings. The number of methoxy groups -OCH3 is 2. The molecule has 420 valence electrons. The molecular weight excluding hydrogens is 1130 g/mol. The van der Waals surface area contributed by atoms with Gasteiger partial charge < -0.3 is 27.3 Å². The summed E-state index contributed by atoms with van der Waals surface area (Å²) in [5.74, 6) is -29.5. The average Bonchev–Trinajstić information content (AvgIpc) is 3.43. The van der Waals surface area contributed by atoms with E-state index in [1.165, 1.54) is 38.5 Å². The number of benzene rings is 6. The molecule has 8 rings (SSSR count). The summed E-state index contributed by atoms with van der Waals surface area (Å²) in [4.78, 5) is -1.45. The lowest BCUT2D eigenvalue weighted by molar-refractivity contribution is -0.138. The molecule has 2 atom stereocenters. The fourth-order valence-corrected chi connectivity index (χ4v) is 10.3. The van der Waals surface area contributed by atoms with Gasteiger partial charge in [0.2, 0.25) is 69.7 Å². The van der Waals surface area contributed by atoms with Crippen molar-refractivity contribution in [2.45, 2.75) is 59.7 Å². The molecule has 2 aliphatic rings. The van der Waals surface area contributed by atoms with Crippen LogP contribution in [-0.2, 0) is 54.9 Å². The number of alkyl halides is 6. The lowest BCUT2D eigenvalue weighted by Gasteiger charge is -2.28. The molecule has 0 N–H and O–H groups in total. The van der Waals surface area contributed by atoms with Gasteiger partial charge in [-0.3, -0.25) is 0 Å². The maximum absolute atomic E-state index is 14.0. The highest BCUT2D eigenvalue weighted by Crippen LogP contribution is 2.45. The molecule has 0 bridgehead atoms. The first kappa shape index (κ1) is 58.9. The number of hydrogen-bond acceptors (Lipinski definition) is 10. The summed E-state index contributed by atoms with van der Waals surface area (Å²) >= 11 is 0. The Labute approximate surface area is 432 Å². The molecule has 2 heterocycles. The minimum atomic E-state index is -5.12. The van der Waals surface area contributed by atoms with Gasteiger partial charge in [0.05, 0.1) is 37.6 Å².